The van der Waals surface area contributed by atoms with E-state index < -0.39 is 6.10 Å². The lowest BCUT2D eigenvalue weighted by Gasteiger charge is -2.15. The summed E-state index contributed by atoms with van der Waals surface area (Å²) >= 11 is 1.46. The molecular weight excluding hydrogens is 420 g/mol. The van der Waals surface area contributed by atoms with Gasteiger partial charge in [0.05, 0.1) is 6.10 Å². The number of hydrogen-bond acceptors (Lipinski definition) is 6. The van der Waals surface area contributed by atoms with Gasteiger partial charge in [-0.25, -0.2) is 0 Å². The highest BCUT2D eigenvalue weighted by Gasteiger charge is 2.18. The molecule has 0 radical (unpaired) electrons. The number of aromatic nitrogens is 4. The number of hydrogen-bond donors (Lipinski definition) is 1. The molecular formula is C25H26N4O2S. The van der Waals surface area contributed by atoms with E-state index in [0.717, 1.165) is 34.0 Å². The van der Waals surface area contributed by atoms with Crippen molar-refractivity contribution >= 4 is 11.8 Å². The minimum Gasteiger partial charge on any atom is -0.491 e. The molecule has 0 amide bonds. The Bertz CT molecular complexity index is 1180. The van der Waals surface area contributed by atoms with Gasteiger partial charge < -0.3 is 9.84 Å². The van der Waals surface area contributed by atoms with Gasteiger partial charge in [-0.2, -0.15) is 0 Å². The van der Waals surface area contributed by atoms with Crippen molar-refractivity contribution in [2.45, 2.75) is 32.0 Å². The van der Waals surface area contributed by atoms with Crippen molar-refractivity contribution < 1.29 is 9.84 Å². The average Bonchev–Trinajstić information content (AvgIpc) is 3.23. The van der Waals surface area contributed by atoms with E-state index in [1.807, 2.05) is 60.9 Å². The molecule has 0 saturated heterocycles. The highest BCUT2D eigenvalue weighted by Crippen LogP contribution is 2.28. The lowest BCUT2D eigenvalue weighted by Crippen LogP contribution is -2.20. The van der Waals surface area contributed by atoms with Crippen molar-refractivity contribution in [2.24, 2.45) is 0 Å². The first kappa shape index (κ1) is 22.0. The molecule has 4 rings (SSSR count). The summed E-state index contributed by atoms with van der Waals surface area (Å²) in [6.45, 7) is 6.30. The van der Waals surface area contributed by atoms with Crippen molar-refractivity contribution in [1.29, 1.82) is 0 Å². The Balaban J connectivity index is 1.51. The second-order valence-corrected chi connectivity index (χ2v) is 8.74. The summed E-state index contributed by atoms with van der Waals surface area (Å²) in [4.78, 5) is 4.10. The lowest BCUT2D eigenvalue weighted by atomic mass is 10.1. The summed E-state index contributed by atoms with van der Waals surface area (Å²) in [6.07, 6.45) is 2.84. The van der Waals surface area contributed by atoms with Crippen LogP contribution in [-0.4, -0.2) is 43.3 Å². The molecule has 32 heavy (non-hydrogen) atoms. The molecule has 0 spiro atoms. The van der Waals surface area contributed by atoms with Crippen LogP contribution in [0.1, 0.15) is 16.7 Å². The molecule has 0 bridgehead atoms. The van der Waals surface area contributed by atoms with Gasteiger partial charge in [0.25, 0.3) is 0 Å². The molecule has 1 N–H and O–H groups in total. The first-order chi connectivity index (χ1) is 15.5. The van der Waals surface area contributed by atoms with E-state index in [9.17, 15) is 5.11 Å². The third-order valence-corrected chi connectivity index (χ3v) is 6.12. The number of rotatable bonds is 8. The molecule has 0 fully saturated rings. The van der Waals surface area contributed by atoms with Crippen molar-refractivity contribution in [3.63, 3.8) is 0 Å². The Labute approximate surface area is 192 Å². The predicted octanol–water partition coefficient (Wildman–Crippen LogP) is 4.79. The van der Waals surface area contributed by atoms with Crippen LogP contribution < -0.4 is 4.74 Å². The van der Waals surface area contributed by atoms with Crippen LogP contribution >= 0.6 is 11.8 Å². The highest BCUT2D eigenvalue weighted by molar-refractivity contribution is 7.99. The first-order valence-electron chi connectivity index (χ1n) is 10.4. The normalized spacial score (nSPS) is 12.0. The van der Waals surface area contributed by atoms with Crippen LogP contribution in [0.2, 0.25) is 0 Å². The van der Waals surface area contributed by atoms with Gasteiger partial charge in [0.2, 0.25) is 0 Å². The zero-order valence-corrected chi connectivity index (χ0v) is 19.2. The topological polar surface area (TPSA) is 73.1 Å². The third kappa shape index (κ3) is 5.18. The van der Waals surface area contributed by atoms with Crippen LogP contribution in [-0.2, 0) is 0 Å². The Kier molecular flexibility index (Phi) is 6.87. The summed E-state index contributed by atoms with van der Waals surface area (Å²) in [6, 6.07) is 18.1. The van der Waals surface area contributed by atoms with E-state index in [4.69, 9.17) is 4.74 Å². The van der Waals surface area contributed by atoms with Crippen LogP contribution in [0.25, 0.3) is 17.1 Å². The van der Waals surface area contributed by atoms with Crippen LogP contribution in [0.4, 0.5) is 0 Å². The minimum absolute atomic E-state index is 0.215. The van der Waals surface area contributed by atoms with Crippen LogP contribution in [0.15, 0.2) is 72.1 Å². The Morgan fingerprint density at radius 2 is 1.66 bits per heavy atom. The van der Waals surface area contributed by atoms with Gasteiger partial charge in [-0.3, -0.25) is 9.55 Å². The van der Waals surface area contributed by atoms with E-state index in [1.165, 1.54) is 17.3 Å². The molecule has 6 nitrogen and oxygen atoms in total. The van der Waals surface area contributed by atoms with E-state index >= 15 is 0 Å². The molecule has 0 aliphatic heterocycles. The Morgan fingerprint density at radius 1 is 0.938 bits per heavy atom. The standard InChI is InChI=1S/C25H26N4O2S/c1-17-5-8-21(9-6-17)29-24(20-10-12-26-13-11-20)27-28-25(29)32-16-22(30)15-31-23-14-18(2)4-7-19(23)3/h4-14,22,30H,15-16H2,1-3H3. The molecule has 0 aliphatic carbocycles. The zero-order valence-electron chi connectivity index (χ0n) is 18.4. The number of nitrogens with zero attached hydrogens (tertiary/aromatic N) is 4. The number of benzene rings is 2. The van der Waals surface area contributed by atoms with E-state index in [1.54, 1.807) is 12.4 Å². The summed E-state index contributed by atoms with van der Waals surface area (Å²) in [5, 5.41) is 20.1. The second-order valence-electron chi connectivity index (χ2n) is 7.76. The Morgan fingerprint density at radius 3 is 2.41 bits per heavy atom. The van der Waals surface area contributed by atoms with E-state index in [2.05, 4.69) is 34.2 Å². The summed E-state index contributed by atoms with van der Waals surface area (Å²) in [7, 11) is 0. The van der Waals surface area contributed by atoms with Gasteiger partial charge in [-0.1, -0.05) is 41.6 Å². The quantitative estimate of drug-likeness (QED) is 0.393. The fourth-order valence-electron chi connectivity index (χ4n) is 3.25. The summed E-state index contributed by atoms with van der Waals surface area (Å²) in [5.74, 6) is 1.97. The lowest BCUT2D eigenvalue weighted by molar-refractivity contribution is 0.126. The fourth-order valence-corrected chi connectivity index (χ4v) is 4.10. The molecule has 1 atom stereocenters. The molecule has 0 aliphatic rings. The van der Waals surface area contributed by atoms with Gasteiger partial charge in [-0.05, 0) is 62.2 Å². The maximum atomic E-state index is 10.5. The smallest absolute Gasteiger partial charge is 0.196 e. The maximum absolute atomic E-state index is 10.5. The Hall–Kier alpha value is -3.16. The van der Waals surface area contributed by atoms with Gasteiger partial charge in [0.1, 0.15) is 12.4 Å². The SMILES string of the molecule is Cc1ccc(-n2c(SCC(O)COc3cc(C)ccc3C)nnc2-c2ccncc2)cc1. The first-order valence-corrected chi connectivity index (χ1v) is 11.4. The predicted molar refractivity (Wildman–Crippen MR) is 127 cm³/mol. The number of aryl methyl sites for hydroxylation is 3. The number of aliphatic hydroxyl groups is 1. The van der Waals surface area contributed by atoms with Crippen molar-refractivity contribution in [1.82, 2.24) is 19.7 Å². The molecule has 2 aromatic heterocycles. The van der Waals surface area contributed by atoms with Crippen molar-refractivity contribution in [2.75, 3.05) is 12.4 Å². The van der Waals surface area contributed by atoms with E-state index in [-0.39, 0.29) is 6.61 Å². The second kappa shape index (κ2) is 9.97. The van der Waals surface area contributed by atoms with Crippen LogP contribution in [0.5, 0.6) is 5.75 Å². The molecule has 7 heteroatoms. The monoisotopic (exact) mass is 446 g/mol. The number of thioether (sulfide) groups is 1. The molecule has 4 aromatic rings. The van der Waals surface area contributed by atoms with Crippen LogP contribution in [0, 0.1) is 20.8 Å². The van der Waals surface area contributed by atoms with Crippen LogP contribution in [0.3, 0.4) is 0 Å². The molecule has 2 aromatic carbocycles. The van der Waals surface area contributed by atoms with Crippen molar-refractivity contribution in [3.8, 4) is 22.8 Å². The van der Waals surface area contributed by atoms with E-state index in [0.29, 0.717) is 10.9 Å². The molecule has 0 saturated carbocycles. The number of pyridine rings is 1. The zero-order chi connectivity index (χ0) is 22.5. The molecule has 164 valence electrons. The third-order valence-electron chi connectivity index (χ3n) is 5.04. The van der Waals surface area contributed by atoms with Gasteiger partial charge in [0.15, 0.2) is 11.0 Å². The van der Waals surface area contributed by atoms with Gasteiger partial charge in [0, 0.05) is 29.4 Å². The minimum atomic E-state index is -0.646. The molecule has 1 unspecified atom stereocenters. The highest BCUT2D eigenvalue weighted by atomic mass is 32.2. The summed E-state index contributed by atoms with van der Waals surface area (Å²) in [5.41, 5.74) is 5.26. The molecule has 2 heterocycles. The maximum Gasteiger partial charge on any atom is 0.196 e. The average molecular weight is 447 g/mol. The van der Waals surface area contributed by atoms with Gasteiger partial charge in [-0.15, -0.1) is 10.2 Å². The van der Waals surface area contributed by atoms with Gasteiger partial charge >= 0.3 is 0 Å². The van der Waals surface area contributed by atoms with Crippen molar-refractivity contribution in [3.05, 3.63) is 83.7 Å². The number of ether oxygens (including phenoxy) is 1. The summed E-state index contributed by atoms with van der Waals surface area (Å²) < 4.78 is 7.87. The number of aliphatic hydroxyl groups excluding tert-OH is 1. The largest absolute Gasteiger partial charge is 0.491 e. The fraction of sp³-hybridized carbons (Fsp3) is 0.240.